The third kappa shape index (κ3) is 1.31. The van der Waals surface area contributed by atoms with Crippen LogP contribution in [-0.2, 0) is 6.42 Å². The molecule has 0 heterocycles. The molecule has 0 saturated heterocycles. The highest BCUT2D eigenvalue weighted by atomic mass is 35.5. The van der Waals surface area contributed by atoms with E-state index in [4.69, 9.17) is 22.6 Å². The first-order chi connectivity index (χ1) is 6.22. The number of benzene rings is 1. The third-order valence-corrected chi connectivity index (χ3v) is 2.66. The maximum absolute atomic E-state index is 8.88. The maximum atomic E-state index is 8.88. The molecule has 0 aromatic heterocycles. The number of nitrogens with zero attached hydrogens (tertiary/aromatic N) is 1. The van der Waals surface area contributed by atoms with Crippen molar-refractivity contribution >= 4 is 11.6 Å². The van der Waals surface area contributed by atoms with Crippen LogP contribution in [0, 0.1) is 11.3 Å². The van der Waals surface area contributed by atoms with Gasteiger partial charge in [0.15, 0.2) is 0 Å². The van der Waals surface area contributed by atoms with Gasteiger partial charge in [0.25, 0.3) is 0 Å². The van der Waals surface area contributed by atoms with Gasteiger partial charge < -0.3 is 5.73 Å². The largest absolute Gasteiger partial charge is 0.324 e. The van der Waals surface area contributed by atoms with E-state index in [9.17, 15) is 0 Å². The summed E-state index contributed by atoms with van der Waals surface area (Å²) in [6, 6.07) is 5.74. The Kier molecular flexibility index (Phi) is 1.99. The van der Waals surface area contributed by atoms with E-state index in [1.165, 1.54) is 0 Å². The average Bonchev–Trinajstić information content (AvgIpc) is 2.46. The lowest BCUT2D eigenvalue weighted by molar-refractivity contribution is 0.712. The van der Waals surface area contributed by atoms with Gasteiger partial charge in [-0.05, 0) is 36.1 Å². The van der Waals surface area contributed by atoms with Crippen LogP contribution in [-0.4, -0.2) is 0 Å². The highest BCUT2D eigenvalue weighted by Crippen LogP contribution is 2.33. The monoisotopic (exact) mass is 192 g/mol. The van der Waals surface area contributed by atoms with Crippen LogP contribution in [0.25, 0.3) is 0 Å². The first-order valence-electron chi connectivity index (χ1n) is 4.20. The van der Waals surface area contributed by atoms with E-state index < -0.39 is 0 Å². The Balaban J connectivity index is 2.66. The van der Waals surface area contributed by atoms with Gasteiger partial charge >= 0.3 is 0 Å². The van der Waals surface area contributed by atoms with Crippen LogP contribution in [0.4, 0.5) is 0 Å². The molecule has 1 atom stereocenters. The molecule has 1 aliphatic rings. The molecule has 1 aromatic carbocycles. The van der Waals surface area contributed by atoms with Crippen molar-refractivity contribution in [1.29, 1.82) is 5.26 Å². The smallest absolute Gasteiger partial charge is 0.0995 e. The molecule has 1 aliphatic carbocycles. The van der Waals surface area contributed by atoms with E-state index in [0.29, 0.717) is 10.6 Å². The fourth-order valence-corrected chi connectivity index (χ4v) is 2.11. The Bertz CT molecular complexity index is 393. The Morgan fingerprint density at radius 1 is 1.54 bits per heavy atom. The summed E-state index contributed by atoms with van der Waals surface area (Å²) in [5.41, 5.74) is 8.64. The Labute approximate surface area is 81.9 Å². The van der Waals surface area contributed by atoms with Gasteiger partial charge in [-0.15, -0.1) is 0 Å². The van der Waals surface area contributed by atoms with Crippen LogP contribution in [0.1, 0.15) is 29.2 Å². The van der Waals surface area contributed by atoms with E-state index in [0.717, 1.165) is 24.0 Å². The normalized spacial score (nSPS) is 19.6. The second-order valence-electron chi connectivity index (χ2n) is 3.28. The van der Waals surface area contributed by atoms with Crippen LogP contribution in [0.3, 0.4) is 0 Å². The lowest BCUT2D eigenvalue weighted by atomic mass is 10.0. The summed E-state index contributed by atoms with van der Waals surface area (Å²) < 4.78 is 0. The van der Waals surface area contributed by atoms with Gasteiger partial charge in [-0.3, -0.25) is 0 Å². The van der Waals surface area contributed by atoms with Crippen molar-refractivity contribution in [3.63, 3.8) is 0 Å². The van der Waals surface area contributed by atoms with Crippen molar-refractivity contribution in [2.24, 2.45) is 5.73 Å². The second kappa shape index (κ2) is 3.02. The van der Waals surface area contributed by atoms with Gasteiger partial charge in [0, 0.05) is 11.1 Å². The van der Waals surface area contributed by atoms with E-state index >= 15 is 0 Å². The van der Waals surface area contributed by atoms with Crippen molar-refractivity contribution in [1.82, 2.24) is 0 Å². The summed E-state index contributed by atoms with van der Waals surface area (Å²) >= 11 is 5.86. The van der Waals surface area contributed by atoms with Crippen molar-refractivity contribution in [3.05, 3.63) is 33.8 Å². The first-order valence-corrected chi connectivity index (χ1v) is 4.58. The minimum Gasteiger partial charge on any atom is -0.324 e. The van der Waals surface area contributed by atoms with E-state index in [2.05, 4.69) is 6.07 Å². The third-order valence-electron chi connectivity index (χ3n) is 2.45. The SMILES string of the molecule is N#Cc1cc(Cl)cc2c1[C@@H](N)CC2. The molecule has 2 rings (SSSR count). The molecular formula is C10H9ClN2. The quantitative estimate of drug-likeness (QED) is 0.685. The first kappa shape index (κ1) is 8.55. The van der Waals surface area contributed by atoms with Crippen LogP contribution in [0.2, 0.25) is 5.02 Å². The molecule has 0 radical (unpaired) electrons. The molecule has 0 amide bonds. The maximum Gasteiger partial charge on any atom is 0.0995 e. The predicted molar refractivity (Wildman–Crippen MR) is 51.4 cm³/mol. The van der Waals surface area contributed by atoms with Gasteiger partial charge in [0.2, 0.25) is 0 Å². The fraction of sp³-hybridized carbons (Fsp3) is 0.300. The molecule has 2 N–H and O–H groups in total. The van der Waals surface area contributed by atoms with Crippen molar-refractivity contribution < 1.29 is 0 Å². The minimum absolute atomic E-state index is 0.0157. The number of rotatable bonds is 0. The van der Waals surface area contributed by atoms with Crippen molar-refractivity contribution in [3.8, 4) is 6.07 Å². The summed E-state index contributed by atoms with van der Waals surface area (Å²) in [4.78, 5) is 0. The van der Waals surface area contributed by atoms with E-state index in [1.807, 2.05) is 6.07 Å². The van der Waals surface area contributed by atoms with Gasteiger partial charge in [-0.2, -0.15) is 5.26 Å². The number of hydrogen-bond donors (Lipinski definition) is 1. The Morgan fingerprint density at radius 3 is 3.00 bits per heavy atom. The van der Waals surface area contributed by atoms with E-state index in [-0.39, 0.29) is 6.04 Å². The van der Waals surface area contributed by atoms with Crippen molar-refractivity contribution in [2.45, 2.75) is 18.9 Å². The summed E-state index contributed by atoms with van der Waals surface area (Å²) in [7, 11) is 0. The molecule has 0 fully saturated rings. The molecular weight excluding hydrogens is 184 g/mol. The van der Waals surface area contributed by atoms with Gasteiger partial charge in [-0.1, -0.05) is 11.6 Å². The zero-order valence-electron chi connectivity index (χ0n) is 7.05. The standard InChI is InChI=1S/C10H9ClN2/c11-8-3-6-1-2-9(13)10(6)7(4-8)5-12/h3-4,9H,1-2,13H2/t9-/m0/s1. The molecule has 13 heavy (non-hydrogen) atoms. The highest BCUT2D eigenvalue weighted by Gasteiger charge is 2.22. The highest BCUT2D eigenvalue weighted by molar-refractivity contribution is 6.30. The molecule has 0 unspecified atom stereocenters. The molecule has 0 aliphatic heterocycles. The van der Waals surface area contributed by atoms with Gasteiger partial charge in [-0.25, -0.2) is 0 Å². The molecule has 3 heteroatoms. The second-order valence-corrected chi connectivity index (χ2v) is 3.72. The lowest BCUT2D eigenvalue weighted by Gasteiger charge is -2.06. The number of halogens is 1. The number of nitriles is 1. The molecule has 2 nitrogen and oxygen atoms in total. The molecule has 0 spiro atoms. The Hall–Kier alpha value is -1.04. The lowest BCUT2D eigenvalue weighted by Crippen LogP contribution is -2.07. The Morgan fingerprint density at radius 2 is 2.31 bits per heavy atom. The number of aryl methyl sites for hydroxylation is 1. The summed E-state index contributed by atoms with van der Waals surface area (Å²) in [5.74, 6) is 0. The zero-order chi connectivity index (χ0) is 9.42. The molecule has 66 valence electrons. The van der Waals surface area contributed by atoms with Crippen LogP contribution < -0.4 is 5.73 Å². The summed E-state index contributed by atoms with van der Waals surface area (Å²) in [6.07, 6.45) is 1.86. The number of fused-ring (bicyclic) bond motifs is 1. The summed E-state index contributed by atoms with van der Waals surface area (Å²) in [6.45, 7) is 0. The molecule has 1 aromatic rings. The average molecular weight is 193 g/mol. The van der Waals surface area contributed by atoms with Crippen LogP contribution in [0.15, 0.2) is 12.1 Å². The number of hydrogen-bond acceptors (Lipinski definition) is 2. The van der Waals surface area contributed by atoms with Crippen molar-refractivity contribution in [2.75, 3.05) is 0 Å². The number of nitrogens with two attached hydrogens (primary N) is 1. The minimum atomic E-state index is 0.0157. The van der Waals surface area contributed by atoms with Crippen LogP contribution >= 0.6 is 11.6 Å². The molecule has 0 saturated carbocycles. The molecule has 0 bridgehead atoms. The van der Waals surface area contributed by atoms with Gasteiger partial charge in [0.1, 0.15) is 0 Å². The zero-order valence-corrected chi connectivity index (χ0v) is 7.80. The topological polar surface area (TPSA) is 49.8 Å². The van der Waals surface area contributed by atoms with Crippen LogP contribution in [0.5, 0.6) is 0 Å². The van der Waals surface area contributed by atoms with E-state index in [1.54, 1.807) is 6.07 Å². The summed E-state index contributed by atoms with van der Waals surface area (Å²) in [5, 5.41) is 9.51. The predicted octanol–water partition coefficient (Wildman–Crippen LogP) is 2.16. The van der Waals surface area contributed by atoms with Gasteiger partial charge in [0.05, 0.1) is 11.6 Å². The fourth-order valence-electron chi connectivity index (χ4n) is 1.87.